The lowest BCUT2D eigenvalue weighted by molar-refractivity contribution is 0.414. The second-order valence-electron chi connectivity index (χ2n) is 4.09. The van der Waals surface area contributed by atoms with E-state index in [9.17, 15) is 0 Å². The molecule has 0 atom stereocenters. The van der Waals surface area contributed by atoms with Crippen LogP contribution in [0.1, 0.15) is 11.1 Å². The van der Waals surface area contributed by atoms with Gasteiger partial charge in [0.05, 0.1) is 12.8 Å². The summed E-state index contributed by atoms with van der Waals surface area (Å²) in [6.07, 6.45) is 1.75. The lowest BCUT2D eigenvalue weighted by Gasteiger charge is -2.10. The molecule has 0 aliphatic heterocycles. The fourth-order valence-corrected chi connectivity index (χ4v) is 1.64. The Balaban J connectivity index is 2.04. The van der Waals surface area contributed by atoms with Crippen LogP contribution in [0.25, 0.3) is 0 Å². The third kappa shape index (κ3) is 2.71. The van der Waals surface area contributed by atoms with E-state index in [4.69, 9.17) is 10.5 Å². The van der Waals surface area contributed by atoms with E-state index in [0.29, 0.717) is 12.2 Å². The maximum Gasteiger partial charge on any atom is 0.149 e. The monoisotopic (exact) mass is 243 g/mol. The molecule has 3 N–H and O–H groups in total. The number of anilines is 2. The molecule has 94 valence electrons. The third-order valence-electron chi connectivity index (χ3n) is 2.83. The molecule has 0 spiro atoms. The minimum absolute atomic E-state index is 0.685. The van der Waals surface area contributed by atoms with Crippen molar-refractivity contribution < 1.29 is 4.74 Å². The SMILES string of the molecule is COc1ccc(CNc2nccc(C)c2N)cc1. The van der Waals surface area contributed by atoms with E-state index in [-0.39, 0.29) is 0 Å². The first kappa shape index (κ1) is 12.2. The molecule has 0 saturated carbocycles. The molecule has 0 aliphatic carbocycles. The number of methoxy groups -OCH3 is 1. The minimum atomic E-state index is 0.685. The number of nitrogen functional groups attached to an aromatic ring is 1. The molecule has 4 nitrogen and oxygen atoms in total. The quantitative estimate of drug-likeness (QED) is 0.866. The van der Waals surface area contributed by atoms with Gasteiger partial charge in [-0.3, -0.25) is 0 Å². The lowest BCUT2D eigenvalue weighted by Crippen LogP contribution is -2.05. The third-order valence-corrected chi connectivity index (χ3v) is 2.83. The normalized spacial score (nSPS) is 10.1. The van der Waals surface area contributed by atoms with Gasteiger partial charge < -0.3 is 15.8 Å². The molecule has 0 saturated heterocycles. The van der Waals surface area contributed by atoms with E-state index >= 15 is 0 Å². The molecule has 0 aliphatic rings. The highest BCUT2D eigenvalue weighted by atomic mass is 16.5. The van der Waals surface area contributed by atoms with Crippen molar-refractivity contribution in [2.45, 2.75) is 13.5 Å². The molecule has 0 bridgehead atoms. The van der Waals surface area contributed by atoms with Gasteiger partial charge in [-0.05, 0) is 36.2 Å². The predicted octanol–water partition coefficient (Wildman–Crippen LogP) is 2.59. The zero-order valence-corrected chi connectivity index (χ0v) is 10.6. The Morgan fingerprint density at radius 1 is 1.22 bits per heavy atom. The molecular weight excluding hydrogens is 226 g/mol. The molecule has 2 rings (SSSR count). The highest BCUT2D eigenvalue weighted by Crippen LogP contribution is 2.19. The van der Waals surface area contributed by atoms with Crippen LogP contribution >= 0.6 is 0 Å². The average molecular weight is 243 g/mol. The van der Waals surface area contributed by atoms with Crippen LogP contribution in [0.4, 0.5) is 11.5 Å². The van der Waals surface area contributed by atoms with Crippen molar-refractivity contribution in [3.8, 4) is 5.75 Å². The predicted molar refractivity (Wildman–Crippen MR) is 73.7 cm³/mol. The zero-order chi connectivity index (χ0) is 13.0. The van der Waals surface area contributed by atoms with Gasteiger partial charge in [-0.2, -0.15) is 0 Å². The second-order valence-corrected chi connectivity index (χ2v) is 4.09. The minimum Gasteiger partial charge on any atom is -0.497 e. The van der Waals surface area contributed by atoms with Crippen LogP contribution in [-0.2, 0) is 6.54 Å². The standard InChI is InChI=1S/C14H17N3O/c1-10-7-8-16-14(13(10)15)17-9-11-3-5-12(18-2)6-4-11/h3-8H,9,15H2,1-2H3,(H,16,17). The van der Waals surface area contributed by atoms with Crippen molar-refractivity contribution in [1.29, 1.82) is 0 Å². The number of hydrogen-bond donors (Lipinski definition) is 2. The van der Waals surface area contributed by atoms with Crippen LogP contribution in [0.2, 0.25) is 0 Å². The summed E-state index contributed by atoms with van der Waals surface area (Å²) >= 11 is 0. The number of nitrogens with one attached hydrogen (secondary N) is 1. The number of benzene rings is 1. The number of nitrogens with two attached hydrogens (primary N) is 1. The maximum absolute atomic E-state index is 5.95. The number of rotatable bonds is 4. The van der Waals surface area contributed by atoms with E-state index in [1.807, 2.05) is 37.3 Å². The summed E-state index contributed by atoms with van der Waals surface area (Å²) in [7, 11) is 1.66. The van der Waals surface area contributed by atoms with Gasteiger partial charge in [0.1, 0.15) is 11.6 Å². The van der Waals surface area contributed by atoms with Gasteiger partial charge in [-0.25, -0.2) is 4.98 Å². The Morgan fingerprint density at radius 3 is 2.61 bits per heavy atom. The summed E-state index contributed by atoms with van der Waals surface area (Å²) in [5, 5.41) is 3.23. The smallest absolute Gasteiger partial charge is 0.149 e. The topological polar surface area (TPSA) is 60.2 Å². The number of pyridine rings is 1. The number of ether oxygens (including phenoxy) is 1. The molecule has 0 fully saturated rings. The van der Waals surface area contributed by atoms with E-state index in [0.717, 1.165) is 22.7 Å². The van der Waals surface area contributed by atoms with Crippen molar-refractivity contribution in [2.75, 3.05) is 18.2 Å². The van der Waals surface area contributed by atoms with Gasteiger partial charge in [0.25, 0.3) is 0 Å². The molecule has 0 unspecified atom stereocenters. The number of aryl methyl sites for hydroxylation is 1. The Morgan fingerprint density at radius 2 is 1.94 bits per heavy atom. The van der Waals surface area contributed by atoms with Crippen molar-refractivity contribution in [3.05, 3.63) is 47.7 Å². The number of hydrogen-bond acceptors (Lipinski definition) is 4. The summed E-state index contributed by atoms with van der Waals surface area (Å²) in [5.74, 6) is 1.58. The second kappa shape index (κ2) is 5.40. The Kier molecular flexibility index (Phi) is 3.67. The van der Waals surface area contributed by atoms with Gasteiger partial charge in [0.15, 0.2) is 0 Å². The highest BCUT2D eigenvalue weighted by Gasteiger charge is 2.02. The first-order valence-corrected chi connectivity index (χ1v) is 5.78. The molecular formula is C14H17N3O. The van der Waals surface area contributed by atoms with Crippen molar-refractivity contribution in [2.24, 2.45) is 0 Å². The Hall–Kier alpha value is -2.23. The van der Waals surface area contributed by atoms with Gasteiger partial charge in [-0.15, -0.1) is 0 Å². The van der Waals surface area contributed by atoms with Crippen LogP contribution in [0.5, 0.6) is 5.75 Å². The zero-order valence-electron chi connectivity index (χ0n) is 10.6. The van der Waals surface area contributed by atoms with Crippen LogP contribution in [-0.4, -0.2) is 12.1 Å². The van der Waals surface area contributed by atoms with Crippen LogP contribution in [0.3, 0.4) is 0 Å². The Bertz CT molecular complexity index is 523. The Labute approximate surface area is 107 Å². The summed E-state index contributed by atoms with van der Waals surface area (Å²) in [6.45, 7) is 2.65. The van der Waals surface area contributed by atoms with Gasteiger partial charge in [-0.1, -0.05) is 12.1 Å². The fraction of sp³-hybridized carbons (Fsp3) is 0.214. The average Bonchev–Trinajstić information content (AvgIpc) is 2.41. The molecule has 1 aromatic carbocycles. The first-order chi connectivity index (χ1) is 8.70. The summed E-state index contributed by atoms with van der Waals surface area (Å²) in [5.41, 5.74) is 8.83. The summed E-state index contributed by atoms with van der Waals surface area (Å²) < 4.78 is 5.11. The highest BCUT2D eigenvalue weighted by molar-refractivity contribution is 5.64. The van der Waals surface area contributed by atoms with E-state index in [2.05, 4.69) is 10.3 Å². The molecule has 1 heterocycles. The van der Waals surface area contributed by atoms with Gasteiger partial charge in [0.2, 0.25) is 0 Å². The van der Waals surface area contributed by atoms with E-state index in [1.165, 1.54) is 0 Å². The van der Waals surface area contributed by atoms with Crippen LogP contribution in [0.15, 0.2) is 36.5 Å². The summed E-state index contributed by atoms with van der Waals surface area (Å²) in [4.78, 5) is 4.23. The van der Waals surface area contributed by atoms with E-state index in [1.54, 1.807) is 13.3 Å². The first-order valence-electron chi connectivity index (χ1n) is 5.78. The molecule has 4 heteroatoms. The van der Waals surface area contributed by atoms with Gasteiger partial charge in [0, 0.05) is 12.7 Å². The van der Waals surface area contributed by atoms with Crippen molar-refractivity contribution in [1.82, 2.24) is 4.98 Å². The van der Waals surface area contributed by atoms with Crippen LogP contribution < -0.4 is 15.8 Å². The molecule has 1 aromatic heterocycles. The molecule has 2 aromatic rings. The number of nitrogens with zero attached hydrogens (tertiary/aromatic N) is 1. The largest absolute Gasteiger partial charge is 0.497 e. The molecule has 0 radical (unpaired) electrons. The van der Waals surface area contributed by atoms with Crippen molar-refractivity contribution >= 4 is 11.5 Å². The maximum atomic E-state index is 5.95. The van der Waals surface area contributed by atoms with E-state index < -0.39 is 0 Å². The lowest BCUT2D eigenvalue weighted by atomic mass is 10.2. The summed E-state index contributed by atoms with van der Waals surface area (Å²) in [6, 6.07) is 9.79. The molecule has 0 amide bonds. The van der Waals surface area contributed by atoms with Gasteiger partial charge >= 0.3 is 0 Å². The fourth-order valence-electron chi connectivity index (χ4n) is 1.64. The van der Waals surface area contributed by atoms with Crippen LogP contribution in [0, 0.1) is 6.92 Å². The number of aromatic nitrogens is 1. The van der Waals surface area contributed by atoms with Crippen molar-refractivity contribution in [3.63, 3.8) is 0 Å². The molecule has 18 heavy (non-hydrogen) atoms.